The monoisotopic (exact) mass is 229 g/mol. The van der Waals surface area contributed by atoms with Gasteiger partial charge in [-0.05, 0) is 33.6 Å². The number of carbonyl (C=O) groups excluding carboxylic acids is 1. The minimum absolute atomic E-state index is 0.0394. The van der Waals surface area contributed by atoms with Gasteiger partial charge in [-0.3, -0.25) is 4.79 Å². The highest BCUT2D eigenvalue weighted by Crippen LogP contribution is 2.25. The number of amides is 1. The van der Waals surface area contributed by atoms with Gasteiger partial charge in [0.1, 0.15) is 5.60 Å². The molecule has 1 fully saturated rings. The SMILES string of the molecule is CC(C)(NC(=O)C1(C)CCCO1)C(N)=NO. The van der Waals surface area contributed by atoms with Crippen LogP contribution in [0.15, 0.2) is 5.16 Å². The zero-order valence-corrected chi connectivity index (χ0v) is 9.91. The summed E-state index contributed by atoms with van der Waals surface area (Å²) in [6, 6.07) is 0. The Bertz CT molecular complexity index is 306. The normalized spacial score (nSPS) is 26.8. The fourth-order valence-corrected chi connectivity index (χ4v) is 1.56. The number of hydrogen-bond donors (Lipinski definition) is 3. The Morgan fingerprint density at radius 2 is 2.25 bits per heavy atom. The van der Waals surface area contributed by atoms with Gasteiger partial charge in [-0.25, -0.2) is 0 Å². The van der Waals surface area contributed by atoms with Gasteiger partial charge in [0.25, 0.3) is 5.91 Å². The topological polar surface area (TPSA) is 96.9 Å². The zero-order valence-electron chi connectivity index (χ0n) is 9.91. The maximum Gasteiger partial charge on any atom is 0.252 e. The molecule has 0 saturated carbocycles. The van der Waals surface area contributed by atoms with Gasteiger partial charge in [0, 0.05) is 6.61 Å². The number of oxime groups is 1. The van der Waals surface area contributed by atoms with Crippen molar-refractivity contribution in [2.45, 2.75) is 44.8 Å². The lowest BCUT2D eigenvalue weighted by Gasteiger charge is -2.30. The van der Waals surface area contributed by atoms with Crippen LogP contribution in [0.5, 0.6) is 0 Å². The number of amidine groups is 1. The third-order valence-electron chi connectivity index (χ3n) is 2.87. The Labute approximate surface area is 94.8 Å². The second-order valence-corrected chi connectivity index (χ2v) is 4.75. The van der Waals surface area contributed by atoms with Gasteiger partial charge < -0.3 is 21.0 Å². The molecule has 1 amide bonds. The van der Waals surface area contributed by atoms with Crippen molar-refractivity contribution in [1.29, 1.82) is 0 Å². The van der Waals surface area contributed by atoms with E-state index in [1.165, 1.54) is 0 Å². The molecule has 0 aliphatic carbocycles. The molecule has 1 heterocycles. The minimum atomic E-state index is -0.888. The van der Waals surface area contributed by atoms with E-state index in [4.69, 9.17) is 15.7 Å². The van der Waals surface area contributed by atoms with Gasteiger partial charge in [-0.2, -0.15) is 0 Å². The van der Waals surface area contributed by atoms with E-state index < -0.39 is 11.1 Å². The summed E-state index contributed by atoms with van der Waals surface area (Å²) < 4.78 is 5.41. The van der Waals surface area contributed by atoms with Crippen molar-refractivity contribution >= 4 is 11.7 Å². The highest BCUT2D eigenvalue weighted by molar-refractivity contribution is 5.95. The molecule has 1 saturated heterocycles. The number of rotatable bonds is 3. The molecule has 0 aromatic heterocycles. The Morgan fingerprint density at radius 3 is 2.69 bits per heavy atom. The van der Waals surface area contributed by atoms with Crippen molar-refractivity contribution in [3.63, 3.8) is 0 Å². The summed E-state index contributed by atoms with van der Waals surface area (Å²) in [7, 11) is 0. The molecule has 6 nitrogen and oxygen atoms in total. The van der Waals surface area contributed by atoms with Crippen molar-refractivity contribution in [3.8, 4) is 0 Å². The third-order valence-corrected chi connectivity index (χ3v) is 2.87. The van der Waals surface area contributed by atoms with Crippen molar-refractivity contribution in [1.82, 2.24) is 5.32 Å². The fourth-order valence-electron chi connectivity index (χ4n) is 1.56. The molecule has 0 aromatic carbocycles. The van der Waals surface area contributed by atoms with Crippen LogP contribution in [0.1, 0.15) is 33.6 Å². The van der Waals surface area contributed by atoms with Crippen LogP contribution in [0.4, 0.5) is 0 Å². The van der Waals surface area contributed by atoms with E-state index in [0.717, 1.165) is 6.42 Å². The molecule has 1 rings (SSSR count). The van der Waals surface area contributed by atoms with Crippen LogP contribution in [0.3, 0.4) is 0 Å². The lowest BCUT2D eigenvalue weighted by atomic mass is 9.98. The first-order valence-corrected chi connectivity index (χ1v) is 5.26. The van der Waals surface area contributed by atoms with Gasteiger partial charge in [0.05, 0.1) is 5.54 Å². The van der Waals surface area contributed by atoms with Gasteiger partial charge in [-0.1, -0.05) is 5.16 Å². The number of hydrogen-bond acceptors (Lipinski definition) is 4. The Balaban J connectivity index is 2.70. The molecule has 6 heteroatoms. The second kappa shape index (κ2) is 4.29. The van der Waals surface area contributed by atoms with E-state index in [1.54, 1.807) is 20.8 Å². The molecule has 1 aliphatic rings. The van der Waals surface area contributed by atoms with Gasteiger partial charge in [0.2, 0.25) is 0 Å². The molecule has 1 aliphatic heterocycles. The zero-order chi connectivity index (χ0) is 12.4. The molecule has 92 valence electrons. The van der Waals surface area contributed by atoms with Crippen LogP contribution in [0.2, 0.25) is 0 Å². The average molecular weight is 229 g/mol. The summed E-state index contributed by atoms with van der Waals surface area (Å²) >= 11 is 0. The second-order valence-electron chi connectivity index (χ2n) is 4.75. The summed E-state index contributed by atoms with van der Waals surface area (Å²) in [6.45, 7) is 5.67. The fraction of sp³-hybridized carbons (Fsp3) is 0.800. The van der Waals surface area contributed by atoms with Crippen LogP contribution in [0.25, 0.3) is 0 Å². The van der Waals surface area contributed by atoms with Crippen LogP contribution in [0, 0.1) is 0 Å². The van der Waals surface area contributed by atoms with Crippen LogP contribution in [-0.4, -0.2) is 34.7 Å². The lowest BCUT2D eigenvalue weighted by Crippen LogP contribution is -2.58. The van der Waals surface area contributed by atoms with E-state index in [0.29, 0.717) is 13.0 Å². The van der Waals surface area contributed by atoms with Gasteiger partial charge in [0.15, 0.2) is 5.84 Å². The van der Waals surface area contributed by atoms with E-state index in [-0.39, 0.29) is 11.7 Å². The summed E-state index contributed by atoms with van der Waals surface area (Å²) in [5, 5.41) is 14.2. The van der Waals surface area contributed by atoms with Crippen LogP contribution in [-0.2, 0) is 9.53 Å². The van der Waals surface area contributed by atoms with Crippen molar-refractivity contribution in [2.75, 3.05) is 6.61 Å². The standard InChI is InChI=1S/C10H19N3O3/c1-9(2,7(11)13-15)12-8(14)10(3)5-4-6-16-10/h15H,4-6H2,1-3H3,(H2,11,13)(H,12,14). The molecule has 0 bridgehead atoms. The molecular weight excluding hydrogens is 210 g/mol. The number of carbonyl (C=O) groups is 1. The van der Waals surface area contributed by atoms with Crippen molar-refractivity contribution in [3.05, 3.63) is 0 Å². The smallest absolute Gasteiger partial charge is 0.252 e. The highest BCUT2D eigenvalue weighted by atomic mass is 16.5. The molecular formula is C10H19N3O3. The maximum atomic E-state index is 12.0. The van der Waals surface area contributed by atoms with Gasteiger partial charge >= 0.3 is 0 Å². The third kappa shape index (κ3) is 2.44. The average Bonchev–Trinajstić information content (AvgIpc) is 2.64. The van der Waals surface area contributed by atoms with Crippen molar-refractivity contribution < 1.29 is 14.7 Å². The summed E-state index contributed by atoms with van der Waals surface area (Å²) in [5.74, 6) is -0.274. The first kappa shape index (κ1) is 12.8. The number of nitrogens with zero attached hydrogens (tertiary/aromatic N) is 1. The number of nitrogens with two attached hydrogens (primary N) is 1. The molecule has 4 N–H and O–H groups in total. The predicted octanol–water partition coefficient (Wildman–Crippen LogP) is 0.197. The predicted molar refractivity (Wildman–Crippen MR) is 59.2 cm³/mol. The maximum absolute atomic E-state index is 12.0. The Hall–Kier alpha value is -1.30. The van der Waals surface area contributed by atoms with Crippen LogP contribution >= 0.6 is 0 Å². The van der Waals surface area contributed by atoms with Gasteiger partial charge in [-0.15, -0.1) is 0 Å². The summed E-state index contributed by atoms with van der Waals surface area (Å²) in [5.41, 5.74) is 3.80. The van der Waals surface area contributed by atoms with E-state index >= 15 is 0 Å². The highest BCUT2D eigenvalue weighted by Gasteiger charge is 2.40. The molecule has 1 unspecified atom stereocenters. The Kier molecular flexibility index (Phi) is 3.42. The molecule has 0 radical (unpaired) electrons. The quantitative estimate of drug-likeness (QED) is 0.279. The lowest BCUT2D eigenvalue weighted by molar-refractivity contribution is -0.140. The first-order valence-electron chi connectivity index (χ1n) is 5.26. The first-order chi connectivity index (χ1) is 7.32. The summed E-state index contributed by atoms with van der Waals surface area (Å²) in [4.78, 5) is 12.0. The Morgan fingerprint density at radius 1 is 1.62 bits per heavy atom. The van der Waals surface area contributed by atoms with Crippen LogP contribution < -0.4 is 11.1 Å². The number of ether oxygens (including phenoxy) is 1. The largest absolute Gasteiger partial charge is 0.409 e. The van der Waals surface area contributed by atoms with E-state index in [9.17, 15) is 4.79 Å². The molecule has 0 aromatic rings. The van der Waals surface area contributed by atoms with Crippen molar-refractivity contribution in [2.24, 2.45) is 10.9 Å². The van der Waals surface area contributed by atoms with E-state index in [2.05, 4.69) is 10.5 Å². The van der Waals surface area contributed by atoms with E-state index in [1.807, 2.05) is 0 Å². The summed E-state index contributed by atoms with van der Waals surface area (Å²) in [6.07, 6.45) is 1.55. The molecule has 0 spiro atoms. The molecule has 16 heavy (non-hydrogen) atoms. The molecule has 1 atom stereocenters. The number of nitrogens with one attached hydrogen (secondary N) is 1. The minimum Gasteiger partial charge on any atom is -0.409 e.